The van der Waals surface area contributed by atoms with E-state index in [2.05, 4.69) is 15.3 Å². The van der Waals surface area contributed by atoms with Gasteiger partial charge in [-0.2, -0.15) is 0 Å². The van der Waals surface area contributed by atoms with Crippen LogP contribution in [0.1, 0.15) is 30.8 Å². The number of methoxy groups -OCH3 is 1. The van der Waals surface area contributed by atoms with Gasteiger partial charge in [-0.15, -0.1) is 0 Å². The number of carbonyl (C=O) groups excluding carboxylic acids is 2. The Labute approximate surface area is 116 Å². The fraction of sp³-hybridized carbons (Fsp3) is 0.385. The molecule has 0 spiro atoms. The zero-order valence-corrected chi connectivity index (χ0v) is 11.6. The molecule has 7 nitrogen and oxygen atoms in total. The highest BCUT2D eigenvalue weighted by Crippen LogP contribution is 2.13. The third-order valence-corrected chi connectivity index (χ3v) is 3.20. The van der Waals surface area contributed by atoms with Gasteiger partial charge < -0.3 is 10.1 Å². The highest BCUT2D eigenvalue weighted by molar-refractivity contribution is 5.96. The first kappa shape index (κ1) is 14.0. The van der Waals surface area contributed by atoms with Crippen LogP contribution < -0.4 is 5.32 Å². The molecule has 7 heteroatoms. The van der Waals surface area contributed by atoms with Gasteiger partial charge in [-0.25, -0.2) is 14.8 Å². The molecule has 0 unspecified atom stereocenters. The van der Waals surface area contributed by atoms with Gasteiger partial charge in [0.05, 0.1) is 7.11 Å². The summed E-state index contributed by atoms with van der Waals surface area (Å²) in [5.74, 6) is -0.505. The number of imidazole rings is 1. The molecule has 2 aromatic heterocycles. The molecule has 0 aliphatic rings. The number of hydrogen-bond donors (Lipinski definition) is 1. The van der Waals surface area contributed by atoms with Gasteiger partial charge in [0, 0.05) is 18.6 Å². The maximum absolute atomic E-state index is 12.2. The van der Waals surface area contributed by atoms with E-state index in [4.69, 9.17) is 4.74 Å². The summed E-state index contributed by atoms with van der Waals surface area (Å²) in [5.41, 5.74) is -0.873. The quantitative estimate of drug-likeness (QED) is 0.835. The van der Waals surface area contributed by atoms with Gasteiger partial charge in [0.1, 0.15) is 11.2 Å². The highest BCUT2D eigenvalue weighted by atomic mass is 16.5. The van der Waals surface area contributed by atoms with Crippen LogP contribution in [-0.2, 0) is 9.53 Å². The predicted molar refractivity (Wildman–Crippen MR) is 71.2 cm³/mol. The zero-order valence-electron chi connectivity index (χ0n) is 11.6. The summed E-state index contributed by atoms with van der Waals surface area (Å²) in [6.07, 6.45) is 5.31. The van der Waals surface area contributed by atoms with Crippen molar-refractivity contribution in [3.8, 4) is 0 Å². The van der Waals surface area contributed by atoms with Gasteiger partial charge in [0.25, 0.3) is 5.91 Å². The van der Waals surface area contributed by atoms with E-state index < -0.39 is 17.4 Å². The largest absolute Gasteiger partial charge is 0.467 e. The lowest BCUT2D eigenvalue weighted by molar-refractivity contribution is -0.147. The van der Waals surface area contributed by atoms with Crippen LogP contribution in [0.2, 0.25) is 0 Å². The molecule has 0 aliphatic heterocycles. The monoisotopic (exact) mass is 276 g/mol. The third kappa shape index (κ3) is 2.47. The van der Waals surface area contributed by atoms with Crippen molar-refractivity contribution >= 4 is 17.7 Å². The zero-order chi connectivity index (χ0) is 14.8. The Morgan fingerprint density at radius 2 is 2.25 bits per heavy atom. The second kappa shape index (κ2) is 5.28. The van der Waals surface area contributed by atoms with Crippen LogP contribution in [0.15, 0.2) is 24.7 Å². The normalized spacial score (nSPS) is 13.8. The maximum atomic E-state index is 12.2. The Morgan fingerprint density at radius 1 is 1.50 bits per heavy atom. The Balaban J connectivity index is 2.25. The summed E-state index contributed by atoms with van der Waals surface area (Å²) in [7, 11) is 1.29. The van der Waals surface area contributed by atoms with Crippen molar-refractivity contribution in [1.29, 1.82) is 0 Å². The van der Waals surface area contributed by atoms with E-state index in [0.29, 0.717) is 12.2 Å². The number of nitrogens with one attached hydrogen (secondary N) is 1. The smallest absolute Gasteiger partial charge is 0.331 e. The molecule has 1 amide bonds. The SMILES string of the molecule is CC[C@](C)(NC(=O)c1cn2cccnc2n1)C(=O)OC. The van der Waals surface area contributed by atoms with Crippen molar-refractivity contribution < 1.29 is 14.3 Å². The van der Waals surface area contributed by atoms with Crippen molar-refractivity contribution in [3.05, 3.63) is 30.4 Å². The van der Waals surface area contributed by atoms with E-state index in [1.165, 1.54) is 7.11 Å². The van der Waals surface area contributed by atoms with Gasteiger partial charge in [0.15, 0.2) is 0 Å². The van der Waals surface area contributed by atoms with Crippen LogP contribution in [0, 0.1) is 0 Å². The number of ether oxygens (including phenoxy) is 1. The second-order valence-electron chi connectivity index (χ2n) is 4.58. The molecule has 0 aromatic carbocycles. The molecular weight excluding hydrogens is 260 g/mol. The number of nitrogens with zero attached hydrogens (tertiary/aromatic N) is 3. The van der Waals surface area contributed by atoms with E-state index in [-0.39, 0.29) is 5.69 Å². The van der Waals surface area contributed by atoms with Gasteiger partial charge in [0.2, 0.25) is 5.78 Å². The molecule has 2 rings (SSSR count). The fourth-order valence-electron chi connectivity index (χ4n) is 1.76. The lowest BCUT2D eigenvalue weighted by Crippen LogP contribution is -2.52. The van der Waals surface area contributed by atoms with E-state index in [1.807, 2.05) is 0 Å². The summed E-state index contributed by atoms with van der Waals surface area (Å²) >= 11 is 0. The van der Waals surface area contributed by atoms with Gasteiger partial charge in [-0.1, -0.05) is 6.92 Å². The van der Waals surface area contributed by atoms with Crippen molar-refractivity contribution in [2.75, 3.05) is 7.11 Å². The van der Waals surface area contributed by atoms with Crippen LogP contribution in [0.25, 0.3) is 5.78 Å². The first-order chi connectivity index (χ1) is 9.50. The average molecular weight is 276 g/mol. The van der Waals surface area contributed by atoms with Gasteiger partial charge in [-0.3, -0.25) is 9.20 Å². The van der Waals surface area contributed by atoms with Gasteiger partial charge >= 0.3 is 5.97 Å². The van der Waals surface area contributed by atoms with Crippen LogP contribution in [0.3, 0.4) is 0 Å². The second-order valence-corrected chi connectivity index (χ2v) is 4.58. The number of aromatic nitrogens is 3. The van der Waals surface area contributed by atoms with E-state index in [0.717, 1.165) is 0 Å². The number of amides is 1. The van der Waals surface area contributed by atoms with Crippen molar-refractivity contribution in [2.45, 2.75) is 25.8 Å². The summed E-state index contributed by atoms with van der Waals surface area (Å²) in [5, 5.41) is 2.65. The molecule has 1 N–H and O–H groups in total. The topological polar surface area (TPSA) is 85.6 Å². The Kier molecular flexibility index (Phi) is 3.69. The van der Waals surface area contributed by atoms with E-state index in [9.17, 15) is 9.59 Å². The van der Waals surface area contributed by atoms with Gasteiger partial charge in [-0.05, 0) is 19.4 Å². The van der Waals surface area contributed by atoms with E-state index in [1.54, 1.807) is 42.9 Å². The first-order valence-corrected chi connectivity index (χ1v) is 6.21. The molecule has 1 atom stereocenters. The average Bonchev–Trinajstić information content (AvgIpc) is 2.90. The number of carbonyl (C=O) groups is 2. The van der Waals surface area contributed by atoms with Crippen LogP contribution in [-0.4, -0.2) is 38.9 Å². The summed E-state index contributed by atoms with van der Waals surface area (Å²) < 4.78 is 6.35. The Morgan fingerprint density at radius 3 is 2.85 bits per heavy atom. The summed E-state index contributed by atoms with van der Waals surface area (Å²) in [6.45, 7) is 3.41. The molecule has 0 saturated carbocycles. The minimum atomic E-state index is -1.07. The van der Waals surface area contributed by atoms with Crippen LogP contribution >= 0.6 is 0 Å². The lowest BCUT2D eigenvalue weighted by Gasteiger charge is -2.25. The minimum absolute atomic E-state index is 0.201. The highest BCUT2D eigenvalue weighted by Gasteiger charge is 2.34. The standard InChI is InChI=1S/C13H16N4O3/c1-4-13(2,11(19)20-3)16-10(18)9-8-17-7-5-6-14-12(17)15-9/h5-8H,4H2,1-3H3,(H,16,18)/t13-/m0/s1. The van der Waals surface area contributed by atoms with Crippen LogP contribution in [0.5, 0.6) is 0 Å². The third-order valence-electron chi connectivity index (χ3n) is 3.20. The molecule has 0 aliphatic carbocycles. The summed E-state index contributed by atoms with van der Waals surface area (Å²) in [6, 6.07) is 1.74. The van der Waals surface area contributed by atoms with Crippen molar-refractivity contribution in [3.63, 3.8) is 0 Å². The molecule has 20 heavy (non-hydrogen) atoms. The molecule has 2 heterocycles. The van der Waals surface area contributed by atoms with Crippen molar-refractivity contribution in [1.82, 2.24) is 19.7 Å². The Hall–Kier alpha value is -2.44. The number of hydrogen-bond acceptors (Lipinski definition) is 5. The number of esters is 1. The number of fused-ring (bicyclic) bond motifs is 1. The predicted octanol–water partition coefficient (Wildman–Crippen LogP) is 0.801. The minimum Gasteiger partial charge on any atom is -0.467 e. The van der Waals surface area contributed by atoms with Crippen LogP contribution in [0.4, 0.5) is 0 Å². The molecule has 0 radical (unpaired) electrons. The Bertz CT molecular complexity index is 619. The first-order valence-electron chi connectivity index (χ1n) is 6.21. The maximum Gasteiger partial charge on any atom is 0.331 e. The van der Waals surface area contributed by atoms with Crippen molar-refractivity contribution in [2.24, 2.45) is 0 Å². The number of rotatable bonds is 4. The summed E-state index contributed by atoms with van der Waals surface area (Å²) in [4.78, 5) is 32.1. The molecule has 0 fully saturated rings. The molecular formula is C13H16N4O3. The van der Waals surface area contributed by atoms with E-state index >= 15 is 0 Å². The fourth-order valence-corrected chi connectivity index (χ4v) is 1.76. The lowest BCUT2D eigenvalue weighted by atomic mass is 9.99. The molecule has 2 aromatic rings. The molecule has 106 valence electrons. The molecule has 0 bridgehead atoms. The molecule has 0 saturated heterocycles.